The number of nitrogens with zero attached hydrogens (tertiary/aromatic N) is 2. The lowest BCUT2D eigenvalue weighted by Gasteiger charge is -2.36. The number of allylic oxidation sites excluding steroid dienone is 1. The molecule has 3 aromatic rings. The van der Waals surface area contributed by atoms with Crippen molar-refractivity contribution in [2.24, 2.45) is 0 Å². The highest BCUT2D eigenvalue weighted by atomic mass is 16.5. The van der Waals surface area contributed by atoms with Crippen LogP contribution in [0, 0.1) is 0 Å². The highest BCUT2D eigenvalue weighted by Gasteiger charge is 2.33. The van der Waals surface area contributed by atoms with E-state index in [-0.39, 0.29) is 23.3 Å². The number of phenolic OH excluding ortho intramolecular Hbond substituents is 1. The molecular weight excluding hydrogens is 388 g/mol. The van der Waals surface area contributed by atoms with Crippen LogP contribution in [-0.4, -0.2) is 27.3 Å². The third-order valence-electron chi connectivity index (χ3n) is 6.06. The number of rotatable bonds is 4. The van der Waals surface area contributed by atoms with Crippen LogP contribution in [0.4, 0.5) is 0 Å². The summed E-state index contributed by atoms with van der Waals surface area (Å²) in [6.45, 7) is 1.43. The lowest BCUT2D eigenvalue weighted by atomic mass is 9.95. The van der Waals surface area contributed by atoms with Crippen molar-refractivity contribution in [1.82, 2.24) is 9.88 Å². The number of hydrogen-bond donors (Lipinski definition) is 1. The van der Waals surface area contributed by atoms with E-state index >= 15 is 0 Å². The van der Waals surface area contributed by atoms with Gasteiger partial charge in [0, 0.05) is 25.0 Å². The number of aromatic hydroxyl groups is 1. The van der Waals surface area contributed by atoms with Gasteiger partial charge < -0.3 is 9.84 Å². The fourth-order valence-electron chi connectivity index (χ4n) is 4.48. The van der Waals surface area contributed by atoms with Crippen LogP contribution in [0.5, 0.6) is 11.5 Å². The molecular formula is C26H24N2O3. The first-order chi connectivity index (χ1) is 15.2. The second-order valence-electron chi connectivity index (χ2n) is 8.06. The SMILES string of the molecule is O=C1/C(=C/c2ccccc2)Oc2c1ccc(O)c2CN1CCCC[C@H]1c1cccnc1. The Hall–Kier alpha value is -3.44. The molecule has 5 heteroatoms. The largest absolute Gasteiger partial charge is 0.507 e. The first-order valence-electron chi connectivity index (χ1n) is 10.7. The van der Waals surface area contributed by atoms with Gasteiger partial charge in [0.25, 0.3) is 0 Å². The number of hydrogen-bond acceptors (Lipinski definition) is 5. The van der Waals surface area contributed by atoms with Gasteiger partial charge in [-0.3, -0.25) is 14.7 Å². The standard InChI is InChI=1S/C26H24N2O3/c29-23-12-11-20-25(30)24(15-18-7-2-1-3-8-18)31-26(20)21(23)17-28-14-5-4-10-22(28)19-9-6-13-27-16-19/h1-3,6-9,11-13,15-16,22,29H,4-5,10,14,17H2/b24-15-/t22-/m0/s1. The second kappa shape index (κ2) is 8.36. The van der Waals surface area contributed by atoms with Crippen molar-refractivity contribution < 1.29 is 14.6 Å². The van der Waals surface area contributed by atoms with Crippen LogP contribution in [0.1, 0.15) is 52.4 Å². The van der Waals surface area contributed by atoms with E-state index in [1.54, 1.807) is 24.4 Å². The molecule has 31 heavy (non-hydrogen) atoms. The highest BCUT2D eigenvalue weighted by Crippen LogP contribution is 2.42. The van der Waals surface area contributed by atoms with Crippen molar-refractivity contribution in [3.63, 3.8) is 0 Å². The minimum atomic E-state index is -0.150. The predicted octanol–water partition coefficient (Wildman–Crippen LogP) is 5.13. The zero-order chi connectivity index (χ0) is 21.2. The Labute approximate surface area is 181 Å². The molecule has 156 valence electrons. The summed E-state index contributed by atoms with van der Waals surface area (Å²) >= 11 is 0. The van der Waals surface area contributed by atoms with Gasteiger partial charge in [0.1, 0.15) is 11.5 Å². The summed E-state index contributed by atoms with van der Waals surface area (Å²) in [6.07, 6.45) is 8.76. The molecule has 2 aliphatic heterocycles. The van der Waals surface area contributed by atoms with Crippen molar-refractivity contribution in [2.45, 2.75) is 31.8 Å². The Morgan fingerprint density at radius 2 is 1.97 bits per heavy atom. The van der Waals surface area contributed by atoms with E-state index in [0.717, 1.165) is 31.4 Å². The number of ether oxygens (including phenoxy) is 1. The highest BCUT2D eigenvalue weighted by molar-refractivity contribution is 6.15. The van der Waals surface area contributed by atoms with Gasteiger partial charge in [-0.05, 0) is 54.8 Å². The number of ketones is 1. The maximum atomic E-state index is 12.9. The number of carbonyl (C=O) groups excluding carboxylic acids is 1. The van der Waals surface area contributed by atoms with Gasteiger partial charge in [0.15, 0.2) is 5.76 Å². The average Bonchev–Trinajstić information content (AvgIpc) is 3.13. The number of phenols is 1. The Balaban J connectivity index is 1.47. The summed E-state index contributed by atoms with van der Waals surface area (Å²) in [4.78, 5) is 19.6. The van der Waals surface area contributed by atoms with Crippen molar-refractivity contribution in [1.29, 1.82) is 0 Å². The van der Waals surface area contributed by atoms with Gasteiger partial charge in [-0.15, -0.1) is 0 Å². The van der Waals surface area contributed by atoms with E-state index in [0.29, 0.717) is 23.4 Å². The molecule has 3 heterocycles. The normalized spacial score (nSPS) is 19.9. The van der Waals surface area contributed by atoms with Crippen molar-refractivity contribution >= 4 is 11.9 Å². The summed E-state index contributed by atoms with van der Waals surface area (Å²) in [5.41, 5.74) is 3.25. The summed E-state index contributed by atoms with van der Waals surface area (Å²) in [5, 5.41) is 10.7. The van der Waals surface area contributed by atoms with Crippen LogP contribution < -0.4 is 4.74 Å². The number of piperidine rings is 1. The molecule has 1 saturated heterocycles. The van der Waals surface area contributed by atoms with Gasteiger partial charge in [-0.25, -0.2) is 0 Å². The van der Waals surface area contributed by atoms with E-state index in [1.165, 1.54) is 5.56 Å². The van der Waals surface area contributed by atoms with Crippen LogP contribution in [-0.2, 0) is 6.54 Å². The maximum absolute atomic E-state index is 12.9. The topological polar surface area (TPSA) is 62.7 Å². The molecule has 0 radical (unpaired) electrons. The van der Waals surface area contributed by atoms with Crippen LogP contribution in [0.25, 0.3) is 6.08 Å². The van der Waals surface area contributed by atoms with Crippen LogP contribution >= 0.6 is 0 Å². The molecule has 2 aliphatic rings. The van der Waals surface area contributed by atoms with Crippen LogP contribution in [0.15, 0.2) is 72.8 Å². The fraction of sp³-hybridized carbons (Fsp3) is 0.231. The number of pyridine rings is 1. The number of benzene rings is 2. The van der Waals surface area contributed by atoms with E-state index in [2.05, 4.69) is 16.0 Å². The third-order valence-corrected chi connectivity index (χ3v) is 6.06. The number of aromatic nitrogens is 1. The van der Waals surface area contributed by atoms with Gasteiger partial charge in [0.2, 0.25) is 5.78 Å². The smallest absolute Gasteiger partial charge is 0.231 e. The zero-order valence-corrected chi connectivity index (χ0v) is 17.2. The quantitative estimate of drug-likeness (QED) is 0.602. The van der Waals surface area contributed by atoms with E-state index in [9.17, 15) is 9.90 Å². The number of fused-ring (bicyclic) bond motifs is 1. The maximum Gasteiger partial charge on any atom is 0.231 e. The summed E-state index contributed by atoms with van der Waals surface area (Å²) < 4.78 is 6.03. The average molecular weight is 412 g/mol. The molecule has 0 saturated carbocycles. The molecule has 0 amide bonds. The predicted molar refractivity (Wildman–Crippen MR) is 119 cm³/mol. The van der Waals surface area contributed by atoms with Crippen LogP contribution in [0.2, 0.25) is 0 Å². The minimum absolute atomic E-state index is 0.150. The molecule has 5 nitrogen and oxygen atoms in total. The molecule has 1 aromatic heterocycles. The lowest BCUT2D eigenvalue weighted by Crippen LogP contribution is -2.33. The molecule has 0 bridgehead atoms. The van der Waals surface area contributed by atoms with Gasteiger partial charge in [0.05, 0.1) is 11.1 Å². The number of carbonyl (C=O) groups is 1. The van der Waals surface area contributed by atoms with E-state index in [1.807, 2.05) is 42.6 Å². The molecule has 1 atom stereocenters. The van der Waals surface area contributed by atoms with Crippen molar-refractivity contribution in [3.8, 4) is 11.5 Å². The number of Topliss-reactive ketones (excluding diaryl/α,β-unsaturated/α-hetero) is 1. The van der Waals surface area contributed by atoms with Crippen LogP contribution in [0.3, 0.4) is 0 Å². The number of likely N-dealkylation sites (tertiary alicyclic amines) is 1. The first kappa shape index (κ1) is 19.5. The van der Waals surface area contributed by atoms with Gasteiger partial charge in [-0.1, -0.05) is 42.8 Å². The second-order valence-corrected chi connectivity index (χ2v) is 8.06. The van der Waals surface area contributed by atoms with Gasteiger partial charge in [-0.2, -0.15) is 0 Å². The Morgan fingerprint density at radius 1 is 1.10 bits per heavy atom. The summed E-state index contributed by atoms with van der Waals surface area (Å²) in [7, 11) is 0. The molecule has 1 fully saturated rings. The Kier molecular flexibility index (Phi) is 5.26. The third kappa shape index (κ3) is 3.84. The zero-order valence-electron chi connectivity index (χ0n) is 17.2. The Morgan fingerprint density at radius 3 is 2.77 bits per heavy atom. The fourth-order valence-corrected chi connectivity index (χ4v) is 4.48. The first-order valence-corrected chi connectivity index (χ1v) is 10.7. The van der Waals surface area contributed by atoms with Crippen molar-refractivity contribution in [3.05, 3.63) is 95.0 Å². The molecule has 5 rings (SSSR count). The monoisotopic (exact) mass is 412 g/mol. The summed E-state index contributed by atoms with van der Waals surface area (Å²) in [6, 6.07) is 17.2. The van der Waals surface area contributed by atoms with Gasteiger partial charge >= 0.3 is 0 Å². The van der Waals surface area contributed by atoms with E-state index < -0.39 is 0 Å². The molecule has 0 spiro atoms. The molecule has 0 aliphatic carbocycles. The Bertz CT molecular complexity index is 1130. The molecule has 2 aromatic carbocycles. The minimum Gasteiger partial charge on any atom is -0.507 e. The lowest BCUT2D eigenvalue weighted by molar-refractivity contribution is 0.101. The molecule has 1 N–H and O–H groups in total. The van der Waals surface area contributed by atoms with E-state index in [4.69, 9.17) is 4.74 Å². The molecule has 0 unspecified atom stereocenters. The summed E-state index contributed by atoms with van der Waals surface area (Å²) in [5.74, 6) is 0.767. The van der Waals surface area contributed by atoms with Crippen molar-refractivity contribution in [2.75, 3.05) is 6.54 Å².